The van der Waals surface area contributed by atoms with Gasteiger partial charge in [-0.3, -0.25) is 47.9 Å². The molecule has 0 aliphatic carbocycles. The van der Waals surface area contributed by atoms with Crippen molar-refractivity contribution in [1.82, 2.24) is 69.3 Å². The molecule has 0 spiro atoms. The fourth-order valence-electron chi connectivity index (χ4n) is 7.95. The largest absolute Gasteiger partial charge is 1.00 e. The van der Waals surface area contributed by atoms with Crippen molar-refractivity contribution in [3.63, 3.8) is 0 Å². The maximum atomic E-state index is 10.4. The van der Waals surface area contributed by atoms with E-state index >= 15 is 0 Å². The van der Waals surface area contributed by atoms with Gasteiger partial charge < -0.3 is 130 Å². The quantitative estimate of drug-likeness (QED) is 0.0146. The van der Waals surface area contributed by atoms with Gasteiger partial charge in [0.2, 0.25) is 62.0 Å². The molecule has 0 radical (unpaired) electrons. The van der Waals surface area contributed by atoms with Crippen molar-refractivity contribution in [3.05, 3.63) is 332 Å². The van der Waals surface area contributed by atoms with Crippen molar-refractivity contribution in [1.29, 1.82) is 0 Å². The van der Waals surface area contributed by atoms with E-state index in [9.17, 15) is 47.9 Å². The van der Waals surface area contributed by atoms with E-state index in [0.29, 0.717) is 0 Å². The standard InChI is InChI=1S/2C26H22P2.4C4H4N2O2S.6C3H7NO.2CH4O.4Au/c2*1-5-13-23(14-6-1)27(24-15-7-2-8-16-24)21-22-28(25-17-9-3-10-18-25)26-19-11-4-12-20-26;4*7-2-1-3(8)6-4(9)5-2;6*1-4(2)3-5;2*1-2;;;;/h2*1-22H;4*1H,(H3,5,6,7,8,9);6*3H,1-2H3;2*2H,1H3;;;;/q;;;;;;;;;;;;;;4*+1/p-4/b2*22-21+;;;;;;;;;;;;;;;;. The second-order valence-corrected chi connectivity index (χ2v) is 34.6. The van der Waals surface area contributed by atoms with Crippen molar-refractivity contribution in [3.8, 4) is 23.5 Å². The summed E-state index contributed by atoms with van der Waals surface area (Å²) in [4.78, 5) is 129. The van der Waals surface area contributed by atoms with Gasteiger partial charge in [0.1, 0.15) is 0 Å². The average molecular weight is 2660 g/mol. The summed E-state index contributed by atoms with van der Waals surface area (Å²) in [6.45, 7) is 0. The second-order valence-electron chi connectivity index (χ2n) is 24.8. The number of aliphatic hydroxyl groups is 2. The number of hydrogen-bond acceptors (Lipinski definition) is 24. The SMILES string of the molecule is C(=C\P(c1ccccc1)c1ccccc1)/P(c1ccccc1)c1ccccc1.C(=C\P(c1ccccc1)c1ccccc1)/P(c1ccccc1)c1ccccc1.CN(C)C=O.CN(C)C=O.CN(C)C=O.CN(C)C=O.CN(C)C=O.CN(C)C=O.CO.CO.O=c1cc(O)nc([S-])[nH]1.O=c1cc(O)nc([S-])[nH]1.O=c1cc(O)nc([S-])[nH]1.O=c1cc(O)nc([S-])[nH]1.[Au+].[Au+].[Au+].[Au+]. The number of nitrogens with one attached hydrogen (secondary N) is 4. The van der Waals surface area contributed by atoms with Gasteiger partial charge in [-0.2, -0.15) is 0 Å². The van der Waals surface area contributed by atoms with Gasteiger partial charge in [-0.1, -0.05) is 266 Å². The maximum absolute atomic E-state index is 10.4. The Kier molecular flexibility index (Phi) is 83.1. The Balaban J connectivity index is -0.000000345. The van der Waals surface area contributed by atoms with Crippen LogP contribution < -0.4 is 64.7 Å². The normalized spacial score (nSPS) is 9.14. The first kappa shape index (κ1) is 131. The van der Waals surface area contributed by atoms with Gasteiger partial charge in [-0.25, -0.2) is 19.9 Å². The Morgan fingerprint density at radius 2 is 0.338 bits per heavy atom. The smallest absolute Gasteiger partial charge is 0.742 e. The number of benzene rings is 8. The summed E-state index contributed by atoms with van der Waals surface area (Å²) in [5, 5.41) is 59.5. The zero-order valence-electron chi connectivity index (χ0n) is 73.0. The summed E-state index contributed by atoms with van der Waals surface area (Å²) >= 11 is 17.8. The van der Waals surface area contributed by atoms with E-state index in [1.807, 2.05) is 0 Å². The number of aromatic amines is 4. The third kappa shape index (κ3) is 66.6. The van der Waals surface area contributed by atoms with Crippen LogP contribution in [-0.2, 0) is 169 Å². The average Bonchev–Trinajstić information content (AvgIpc) is 0.833. The summed E-state index contributed by atoms with van der Waals surface area (Å²) in [6, 6.07) is 90.7. The van der Waals surface area contributed by atoms with Crippen LogP contribution in [0.15, 0.2) is 330 Å². The summed E-state index contributed by atoms with van der Waals surface area (Å²) in [6.07, 6.45) is 4.50. The third-order valence-corrected chi connectivity index (χ3v) is 23.0. The molecule has 12 rings (SSSR count). The number of aromatic hydroxyl groups is 4. The van der Waals surface area contributed by atoms with Crippen molar-refractivity contribution in [2.24, 2.45) is 0 Å². The molecule has 0 atom stereocenters. The molecule has 0 aliphatic rings. The number of aliphatic hydroxyl groups excluding tert-OH is 2. The maximum Gasteiger partial charge on any atom is 1.00 e. The first-order valence-corrected chi connectivity index (χ1v) is 43.9. The molecule has 0 fully saturated rings. The predicted molar refractivity (Wildman–Crippen MR) is 518 cm³/mol. The molecule has 8 aromatic carbocycles. The zero-order valence-corrected chi connectivity index (χ0v) is 88.6. The van der Waals surface area contributed by atoms with E-state index < -0.39 is 53.9 Å². The summed E-state index contributed by atoms with van der Waals surface area (Å²) < 4.78 is 0. The van der Waals surface area contributed by atoms with Crippen molar-refractivity contribution < 1.29 is 149 Å². The fraction of sp³-hybridized carbons (Fsp3) is 0.159. The van der Waals surface area contributed by atoms with Crippen LogP contribution in [0.3, 0.4) is 0 Å². The van der Waals surface area contributed by atoms with Crippen LogP contribution in [0.4, 0.5) is 0 Å². The molecule has 130 heavy (non-hydrogen) atoms. The minimum atomic E-state index is -0.528. The van der Waals surface area contributed by atoms with Crippen LogP contribution in [0, 0.1) is 0 Å². The molecule has 0 bridgehead atoms. The van der Waals surface area contributed by atoms with E-state index in [2.05, 4.69) is 356 Å². The van der Waals surface area contributed by atoms with E-state index in [1.165, 1.54) is 71.8 Å². The van der Waals surface area contributed by atoms with Gasteiger partial charge in [-0.05, 0) is 94.7 Å². The Morgan fingerprint density at radius 3 is 0.415 bits per heavy atom. The van der Waals surface area contributed by atoms with Gasteiger partial charge in [0.15, 0.2) is 0 Å². The molecule has 4 heterocycles. The number of hydrogen-bond donors (Lipinski definition) is 10. The van der Waals surface area contributed by atoms with E-state index in [4.69, 9.17) is 30.6 Å². The monoisotopic (exact) mass is 2650 g/mol. The van der Waals surface area contributed by atoms with Crippen molar-refractivity contribution >= 4 is 163 Å². The number of rotatable bonds is 18. The van der Waals surface area contributed by atoms with Crippen LogP contribution in [0.25, 0.3) is 0 Å². The van der Waals surface area contributed by atoms with Crippen LogP contribution in [0.2, 0.25) is 0 Å². The summed E-state index contributed by atoms with van der Waals surface area (Å²) in [5.74, 6) is 8.43. The summed E-state index contributed by atoms with van der Waals surface area (Å²) in [5.41, 5.74) is -1.75. The van der Waals surface area contributed by atoms with Crippen LogP contribution >= 0.6 is 31.7 Å². The molecule has 0 saturated carbocycles. The van der Waals surface area contributed by atoms with E-state index in [0.717, 1.165) is 76.9 Å². The predicted octanol–water partition coefficient (Wildman–Crippen LogP) is 6.41. The minimum absolute atomic E-state index is 0. The third-order valence-electron chi connectivity index (χ3n) is 13.1. The first-order valence-electron chi connectivity index (χ1n) is 36.6. The molecule has 6 amide bonds. The van der Waals surface area contributed by atoms with Crippen LogP contribution in [0.5, 0.6) is 23.5 Å². The number of amides is 6. The molecule has 30 nitrogen and oxygen atoms in total. The zero-order chi connectivity index (χ0) is 95.2. The van der Waals surface area contributed by atoms with Gasteiger partial charge in [0.05, 0.1) is 24.3 Å². The van der Waals surface area contributed by atoms with Gasteiger partial charge >= 0.3 is 89.5 Å². The molecular weight excluding hydrogens is 2550 g/mol. The Labute approximate surface area is 847 Å². The number of carbonyl (C=O) groups excluding carboxylic acids is 6. The Bertz CT molecular complexity index is 4310. The Morgan fingerprint density at radius 1 is 0.238 bits per heavy atom. The first-order chi connectivity index (χ1) is 60.2. The van der Waals surface area contributed by atoms with E-state index in [-0.39, 0.29) is 134 Å². The molecule has 12 aromatic rings. The summed E-state index contributed by atoms with van der Waals surface area (Å²) in [7, 11) is 20.1. The van der Waals surface area contributed by atoms with Gasteiger partial charge in [0.25, 0.3) is 22.2 Å². The molecule has 10 N–H and O–H groups in total. The molecule has 0 saturated heterocycles. The van der Waals surface area contributed by atoms with Crippen molar-refractivity contribution in [2.75, 3.05) is 98.8 Å². The fourth-order valence-corrected chi connectivity index (χ4v) is 17.4. The number of aromatic nitrogens is 8. The number of carbonyl (C=O) groups is 6. The molecule has 712 valence electrons. The van der Waals surface area contributed by atoms with E-state index in [1.54, 1.807) is 84.6 Å². The number of nitrogens with zero attached hydrogens (tertiary/aromatic N) is 10. The minimum Gasteiger partial charge on any atom is -0.742 e. The number of H-pyrrole nitrogens is 4. The van der Waals surface area contributed by atoms with Gasteiger partial charge in [0, 0.05) is 98.8 Å². The molecule has 0 unspecified atom stereocenters. The van der Waals surface area contributed by atoms with Gasteiger partial charge in [-0.15, -0.1) is 0 Å². The molecule has 42 heteroatoms. The Hall–Kier alpha value is -9.74. The molecule has 4 aromatic heterocycles. The second kappa shape index (κ2) is 82.4. The molecular formula is C88H106Au4N14O16P4S4. The molecule has 0 aliphatic heterocycles. The topological polar surface area (TPSA) is 426 Å². The van der Waals surface area contributed by atoms with Crippen LogP contribution in [0.1, 0.15) is 0 Å². The van der Waals surface area contributed by atoms with Crippen LogP contribution in [-0.4, -0.2) is 237 Å². The van der Waals surface area contributed by atoms with Crippen molar-refractivity contribution in [2.45, 2.75) is 20.6 Å².